The zero-order chi connectivity index (χ0) is 16.0. The zero-order valence-corrected chi connectivity index (χ0v) is 16.7. The van der Waals surface area contributed by atoms with E-state index < -0.39 is 9.84 Å². The molecule has 1 unspecified atom stereocenters. The highest BCUT2D eigenvalue weighted by atomic mass is 127. The Morgan fingerprint density at radius 3 is 2.61 bits per heavy atom. The van der Waals surface area contributed by atoms with Gasteiger partial charge in [0.2, 0.25) is 0 Å². The summed E-state index contributed by atoms with van der Waals surface area (Å²) in [7, 11) is 0.860. The summed E-state index contributed by atoms with van der Waals surface area (Å²) >= 11 is 0. The van der Waals surface area contributed by atoms with Crippen molar-refractivity contribution in [2.24, 2.45) is 4.99 Å². The zero-order valence-electron chi connectivity index (χ0n) is 13.5. The van der Waals surface area contributed by atoms with Crippen molar-refractivity contribution in [1.82, 2.24) is 10.6 Å². The van der Waals surface area contributed by atoms with Crippen LogP contribution in [0.25, 0.3) is 0 Å². The van der Waals surface area contributed by atoms with E-state index >= 15 is 0 Å². The van der Waals surface area contributed by atoms with Gasteiger partial charge in [0.25, 0.3) is 0 Å². The third kappa shape index (κ3) is 6.54. The number of para-hydroxylation sites is 1. The predicted molar refractivity (Wildman–Crippen MR) is 107 cm³/mol. The topological polar surface area (TPSA) is 73.8 Å². The Morgan fingerprint density at radius 2 is 2.04 bits per heavy atom. The lowest BCUT2D eigenvalue weighted by atomic mass is 10.3. The van der Waals surface area contributed by atoms with Gasteiger partial charge in [0, 0.05) is 38.9 Å². The van der Waals surface area contributed by atoms with Gasteiger partial charge < -0.3 is 15.5 Å². The molecule has 1 aliphatic rings. The summed E-state index contributed by atoms with van der Waals surface area (Å²) in [5, 5.41) is 6.40. The normalized spacial score (nSPS) is 19.7. The van der Waals surface area contributed by atoms with Gasteiger partial charge in [-0.1, -0.05) is 18.2 Å². The smallest absolute Gasteiger partial charge is 0.191 e. The summed E-state index contributed by atoms with van der Waals surface area (Å²) in [6.45, 7) is 1.55. The monoisotopic (exact) mass is 452 g/mol. The van der Waals surface area contributed by atoms with Crippen LogP contribution >= 0.6 is 24.0 Å². The van der Waals surface area contributed by atoms with Crippen molar-refractivity contribution in [2.75, 3.05) is 43.6 Å². The number of benzene rings is 1. The van der Waals surface area contributed by atoms with Gasteiger partial charge in [-0.05, 0) is 18.6 Å². The number of hydrogen-bond acceptors (Lipinski definition) is 4. The minimum atomic E-state index is -2.87. The molecule has 1 aliphatic heterocycles. The van der Waals surface area contributed by atoms with E-state index in [2.05, 4.69) is 32.7 Å². The van der Waals surface area contributed by atoms with Gasteiger partial charge in [-0.3, -0.25) is 4.99 Å². The summed E-state index contributed by atoms with van der Waals surface area (Å²) < 4.78 is 22.9. The molecular formula is C15H25IN4O2S. The third-order valence-electron chi connectivity index (χ3n) is 3.73. The number of aliphatic imine (C=N–C) groups is 1. The maximum absolute atomic E-state index is 11.5. The van der Waals surface area contributed by atoms with Crippen LogP contribution in [-0.2, 0) is 9.84 Å². The third-order valence-corrected chi connectivity index (χ3v) is 5.50. The van der Waals surface area contributed by atoms with Crippen molar-refractivity contribution < 1.29 is 8.42 Å². The van der Waals surface area contributed by atoms with Gasteiger partial charge >= 0.3 is 0 Å². The fraction of sp³-hybridized carbons (Fsp3) is 0.533. The number of guanidine groups is 1. The second-order valence-electron chi connectivity index (χ2n) is 5.50. The molecule has 1 saturated heterocycles. The molecule has 0 amide bonds. The number of sulfone groups is 1. The maximum atomic E-state index is 11.5. The fourth-order valence-corrected chi connectivity index (χ4v) is 4.12. The van der Waals surface area contributed by atoms with Gasteiger partial charge in [0.1, 0.15) is 0 Å². The first-order chi connectivity index (χ1) is 10.5. The van der Waals surface area contributed by atoms with Crippen molar-refractivity contribution in [3.05, 3.63) is 30.3 Å². The quantitative estimate of drug-likeness (QED) is 0.398. The van der Waals surface area contributed by atoms with E-state index in [4.69, 9.17) is 0 Å². The molecule has 2 N–H and O–H groups in total. The lowest BCUT2D eigenvalue weighted by Crippen LogP contribution is -2.45. The molecule has 0 spiro atoms. The number of anilines is 1. The van der Waals surface area contributed by atoms with Gasteiger partial charge in [0.05, 0.1) is 11.5 Å². The number of nitrogens with zero attached hydrogens (tertiary/aromatic N) is 2. The number of likely N-dealkylation sites (N-methyl/N-ethyl adjacent to an activating group) is 1. The highest BCUT2D eigenvalue weighted by molar-refractivity contribution is 14.0. The Hall–Kier alpha value is -1.03. The number of halogens is 1. The minimum absolute atomic E-state index is 0. The van der Waals surface area contributed by atoms with Crippen LogP contribution < -0.4 is 15.5 Å². The first kappa shape index (κ1) is 20.0. The van der Waals surface area contributed by atoms with Crippen LogP contribution in [0, 0.1) is 0 Å². The Morgan fingerprint density at radius 1 is 1.35 bits per heavy atom. The van der Waals surface area contributed by atoms with Crippen LogP contribution in [0.4, 0.5) is 5.69 Å². The van der Waals surface area contributed by atoms with Crippen LogP contribution in [0.5, 0.6) is 0 Å². The highest BCUT2D eigenvalue weighted by Gasteiger charge is 2.28. The van der Waals surface area contributed by atoms with E-state index in [1.165, 1.54) is 0 Å². The molecule has 8 heteroatoms. The Bertz CT molecular complexity index is 607. The van der Waals surface area contributed by atoms with Crippen molar-refractivity contribution in [3.8, 4) is 0 Å². The average Bonchev–Trinajstić information content (AvgIpc) is 2.85. The maximum Gasteiger partial charge on any atom is 0.191 e. The molecule has 2 rings (SSSR count). The van der Waals surface area contributed by atoms with Crippen molar-refractivity contribution in [1.29, 1.82) is 0 Å². The van der Waals surface area contributed by atoms with Crippen molar-refractivity contribution in [3.63, 3.8) is 0 Å². The Balaban J connectivity index is 0.00000264. The van der Waals surface area contributed by atoms with E-state index in [9.17, 15) is 8.42 Å². The second kappa shape index (κ2) is 9.31. The second-order valence-corrected chi connectivity index (χ2v) is 7.73. The van der Waals surface area contributed by atoms with E-state index in [-0.39, 0.29) is 41.5 Å². The molecule has 0 aliphatic carbocycles. The van der Waals surface area contributed by atoms with Crippen LogP contribution in [0.3, 0.4) is 0 Å². The number of nitrogens with one attached hydrogen (secondary N) is 2. The van der Waals surface area contributed by atoms with Gasteiger partial charge in [0.15, 0.2) is 15.8 Å². The molecule has 0 saturated carbocycles. The molecule has 0 radical (unpaired) electrons. The minimum Gasteiger partial charge on any atom is -0.373 e. The summed E-state index contributed by atoms with van der Waals surface area (Å²) in [6, 6.07) is 10.1. The standard InChI is InChI=1S/C15H24N4O2S.HI/c1-16-15(18-13-8-11-22(20,21)12-13)17-9-10-19(2)14-6-4-3-5-7-14;/h3-7,13H,8-12H2,1-2H3,(H2,16,17,18);1H. The molecular weight excluding hydrogens is 427 g/mol. The van der Waals surface area contributed by atoms with Crippen LogP contribution in [-0.4, -0.2) is 59.1 Å². The Kier molecular flexibility index (Phi) is 8.10. The van der Waals surface area contributed by atoms with E-state index in [1.54, 1.807) is 7.05 Å². The SMILES string of the molecule is CN=C(NCCN(C)c1ccccc1)NC1CCS(=O)(=O)C1.I. The number of rotatable bonds is 5. The van der Waals surface area contributed by atoms with E-state index in [1.807, 2.05) is 25.2 Å². The van der Waals surface area contributed by atoms with E-state index in [0.29, 0.717) is 12.4 Å². The van der Waals surface area contributed by atoms with Gasteiger partial charge in [-0.2, -0.15) is 0 Å². The lowest BCUT2D eigenvalue weighted by Gasteiger charge is -2.21. The van der Waals surface area contributed by atoms with Gasteiger partial charge in [-0.25, -0.2) is 8.42 Å². The fourth-order valence-electron chi connectivity index (χ4n) is 2.45. The Labute approximate surface area is 155 Å². The van der Waals surface area contributed by atoms with Crippen LogP contribution in [0.2, 0.25) is 0 Å². The molecule has 1 aromatic rings. The molecule has 23 heavy (non-hydrogen) atoms. The highest BCUT2D eigenvalue weighted by Crippen LogP contribution is 2.11. The van der Waals surface area contributed by atoms with E-state index in [0.717, 1.165) is 18.8 Å². The summed E-state index contributed by atoms with van der Waals surface area (Å²) in [4.78, 5) is 6.30. The molecule has 130 valence electrons. The first-order valence-electron chi connectivity index (χ1n) is 7.44. The molecule has 1 fully saturated rings. The summed E-state index contributed by atoms with van der Waals surface area (Å²) in [6.07, 6.45) is 0.646. The summed E-state index contributed by atoms with van der Waals surface area (Å²) in [5.74, 6) is 1.11. The van der Waals surface area contributed by atoms with Crippen LogP contribution in [0.1, 0.15) is 6.42 Å². The van der Waals surface area contributed by atoms with Gasteiger partial charge in [-0.15, -0.1) is 24.0 Å². The molecule has 0 bridgehead atoms. The largest absolute Gasteiger partial charge is 0.373 e. The molecule has 1 aromatic carbocycles. The molecule has 1 heterocycles. The van der Waals surface area contributed by atoms with Crippen molar-refractivity contribution in [2.45, 2.75) is 12.5 Å². The lowest BCUT2D eigenvalue weighted by molar-refractivity contribution is 0.599. The average molecular weight is 452 g/mol. The summed E-state index contributed by atoms with van der Waals surface area (Å²) in [5.41, 5.74) is 1.16. The first-order valence-corrected chi connectivity index (χ1v) is 9.26. The van der Waals surface area contributed by atoms with Crippen molar-refractivity contribution >= 4 is 45.5 Å². The molecule has 6 nitrogen and oxygen atoms in total. The van der Waals surface area contributed by atoms with Crippen LogP contribution in [0.15, 0.2) is 35.3 Å². The predicted octanol–water partition coefficient (Wildman–Crippen LogP) is 1.09. The number of hydrogen-bond donors (Lipinski definition) is 2. The molecule has 1 atom stereocenters. The molecule has 0 aromatic heterocycles.